The SMILES string of the molecule is C=C(C)C(=O)OC1(CC)OC1(C)C(F)(F)F. The Balaban J connectivity index is 2.86. The molecule has 0 aromatic heterocycles. The van der Waals surface area contributed by atoms with Crippen molar-refractivity contribution in [2.24, 2.45) is 0 Å². The van der Waals surface area contributed by atoms with Gasteiger partial charge in [0.05, 0.1) is 0 Å². The molecular formula is C10H13F3O3. The van der Waals surface area contributed by atoms with Gasteiger partial charge in [0, 0.05) is 12.0 Å². The standard InChI is InChI=1S/C10H13F3O3/c1-5-9(15-7(14)6(2)3)8(4,16-9)10(11,12)13/h2,5H2,1,3-4H3. The Kier molecular flexibility index (Phi) is 2.83. The van der Waals surface area contributed by atoms with Gasteiger partial charge in [-0.3, -0.25) is 0 Å². The lowest BCUT2D eigenvalue weighted by Gasteiger charge is -2.18. The smallest absolute Gasteiger partial charge is 0.423 e. The highest BCUT2D eigenvalue weighted by molar-refractivity contribution is 5.87. The lowest BCUT2D eigenvalue weighted by atomic mass is 10.0. The minimum absolute atomic E-state index is 0.0350. The summed E-state index contributed by atoms with van der Waals surface area (Å²) in [6, 6.07) is 0. The van der Waals surface area contributed by atoms with Crippen molar-refractivity contribution in [1.29, 1.82) is 0 Å². The van der Waals surface area contributed by atoms with Gasteiger partial charge in [0.1, 0.15) is 0 Å². The molecule has 1 rings (SSSR count). The Morgan fingerprint density at radius 3 is 2.25 bits per heavy atom. The van der Waals surface area contributed by atoms with Gasteiger partial charge in [-0.25, -0.2) is 4.79 Å². The lowest BCUT2D eigenvalue weighted by molar-refractivity contribution is -0.185. The molecule has 0 amide bonds. The third-order valence-electron chi connectivity index (χ3n) is 2.67. The van der Waals surface area contributed by atoms with Crippen molar-refractivity contribution >= 4 is 5.97 Å². The van der Waals surface area contributed by atoms with Crippen molar-refractivity contribution in [2.45, 2.75) is 44.8 Å². The van der Waals surface area contributed by atoms with Crippen LogP contribution in [0.4, 0.5) is 13.2 Å². The maximum atomic E-state index is 12.6. The molecule has 6 heteroatoms. The summed E-state index contributed by atoms with van der Waals surface area (Å²) in [6.45, 7) is 6.98. The van der Waals surface area contributed by atoms with Gasteiger partial charge in [0.25, 0.3) is 5.79 Å². The van der Waals surface area contributed by atoms with Gasteiger partial charge in [-0.15, -0.1) is 0 Å². The third kappa shape index (κ3) is 1.71. The maximum Gasteiger partial charge on any atom is 0.423 e. The van der Waals surface area contributed by atoms with Gasteiger partial charge < -0.3 is 9.47 Å². The van der Waals surface area contributed by atoms with Crippen LogP contribution in [0, 0.1) is 0 Å². The van der Waals surface area contributed by atoms with Crippen LogP contribution in [0.1, 0.15) is 27.2 Å². The highest BCUT2D eigenvalue weighted by Gasteiger charge is 2.82. The summed E-state index contributed by atoms with van der Waals surface area (Å²) in [6.07, 6.45) is -4.64. The second kappa shape index (κ2) is 3.48. The molecule has 2 atom stereocenters. The normalized spacial score (nSPS) is 33.4. The van der Waals surface area contributed by atoms with E-state index in [1.807, 2.05) is 0 Å². The fraction of sp³-hybridized carbons (Fsp3) is 0.700. The first-order valence-electron chi connectivity index (χ1n) is 4.75. The fourth-order valence-corrected chi connectivity index (χ4v) is 1.41. The van der Waals surface area contributed by atoms with Gasteiger partial charge in [-0.1, -0.05) is 13.5 Å². The molecule has 92 valence electrons. The van der Waals surface area contributed by atoms with Crippen molar-refractivity contribution in [3.05, 3.63) is 12.2 Å². The number of carbonyl (C=O) groups is 1. The van der Waals surface area contributed by atoms with E-state index in [-0.39, 0.29) is 12.0 Å². The van der Waals surface area contributed by atoms with Crippen LogP contribution in [-0.2, 0) is 14.3 Å². The van der Waals surface area contributed by atoms with Crippen molar-refractivity contribution in [3.63, 3.8) is 0 Å². The van der Waals surface area contributed by atoms with Crippen LogP contribution < -0.4 is 0 Å². The molecule has 1 heterocycles. The molecule has 1 aliphatic heterocycles. The van der Waals surface area contributed by atoms with E-state index < -0.39 is 23.5 Å². The Labute approximate surface area is 91.2 Å². The molecule has 0 saturated carbocycles. The number of ether oxygens (including phenoxy) is 2. The summed E-state index contributed by atoms with van der Waals surface area (Å²) in [5.41, 5.74) is -2.38. The van der Waals surface area contributed by atoms with Crippen LogP contribution in [-0.4, -0.2) is 23.5 Å². The molecule has 16 heavy (non-hydrogen) atoms. The summed E-state index contributed by atoms with van der Waals surface area (Å²) in [7, 11) is 0. The first kappa shape index (κ1) is 13.0. The van der Waals surface area contributed by atoms with E-state index in [0.717, 1.165) is 6.92 Å². The first-order valence-corrected chi connectivity index (χ1v) is 4.75. The number of carbonyl (C=O) groups excluding carboxylic acids is 1. The molecule has 0 radical (unpaired) electrons. The Hall–Kier alpha value is -1.04. The molecule has 1 aliphatic rings. The highest BCUT2D eigenvalue weighted by atomic mass is 19.4. The van der Waals surface area contributed by atoms with Gasteiger partial charge in [-0.2, -0.15) is 13.2 Å². The highest BCUT2D eigenvalue weighted by Crippen LogP contribution is 2.59. The number of esters is 1. The number of rotatable bonds is 3. The maximum absolute atomic E-state index is 12.6. The average Bonchev–Trinajstić information content (AvgIpc) is 2.73. The summed E-state index contributed by atoms with van der Waals surface area (Å²) in [4.78, 5) is 11.2. The summed E-state index contributed by atoms with van der Waals surface area (Å²) in [5, 5.41) is 0. The van der Waals surface area contributed by atoms with E-state index in [1.54, 1.807) is 0 Å². The van der Waals surface area contributed by atoms with Gasteiger partial charge >= 0.3 is 12.1 Å². The summed E-state index contributed by atoms with van der Waals surface area (Å²) < 4.78 is 47.2. The number of hydrogen-bond donors (Lipinski definition) is 0. The molecule has 0 spiro atoms. The molecule has 0 bridgehead atoms. The van der Waals surface area contributed by atoms with Crippen LogP contribution in [0.2, 0.25) is 0 Å². The first-order chi connectivity index (χ1) is 7.09. The van der Waals surface area contributed by atoms with Crippen LogP contribution in [0.5, 0.6) is 0 Å². The second-order valence-electron chi connectivity index (χ2n) is 3.91. The molecule has 0 aromatic carbocycles. The Morgan fingerprint density at radius 1 is 1.50 bits per heavy atom. The zero-order valence-electron chi connectivity index (χ0n) is 9.27. The molecule has 2 unspecified atom stereocenters. The van der Waals surface area contributed by atoms with E-state index in [4.69, 9.17) is 4.74 Å². The van der Waals surface area contributed by atoms with Gasteiger partial charge in [0.15, 0.2) is 0 Å². The molecule has 0 N–H and O–H groups in total. The zero-order chi connectivity index (χ0) is 12.8. The Morgan fingerprint density at radius 2 is 2.00 bits per heavy atom. The van der Waals surface area contributed by atoms with E-state index in [0.29, 0.717) is 0 Å². The minimum Gasteiger partial charge on any atom is -0.426 e. The number of hydrogen-bond acceptors (Lipinski definition) is 3. The van der Waals surface area contributed by atoms with E-state index in [1.165, 1.54) is 13.8 Å². The van der Waals surface area contributed by atoms with Crippen LogP contribution in [0.15, 0.2) is 12.2 Å². The molecule has 3 nitrogen and oxygen atoms in total. The number of epoxide rings is 1. The minimum atomic E-state index is -4.57. The number of alkyl halides is 3. The lowest BCUT2D eigenvalue weighted by Crippen LogP contribution is -2.40. The topological polar surface area (TPSA) is 38.8 Å². The largest absolute Gasteiger partial charge is 0.426 e. The molecule has 0 aromatic rings. The fourth-order valence-electron chi connectivity index (χ4n) is 1.41. The quantitative estimate of drug-likeness (QED) is 0.431. The zero-order valence-corrected chi connectivity index (χ0v) is 9.27. The summed E-state index contributed by atoms with van der Waals surface area (Å²) in [5.74, 6) is -2.78. The molecular weight excluding hydrogens is 225 g/mol. The molecule has 1 fully saturated rings. The van der Waals surface area contributed by atoms with Crippen molar-refractivity contribution in [3.8, 4) is 0 Å². The Bertz CT molecular complexity index is 337. The van der Waals surface area contributed by atoms with Crippen LogP contribution >= 0.6 is 0 Å². The van der Waals surface area contributed by atoms with Crippen molar-refractivity contribution < 1.29 is 27.4 Å². The predicted molar refractivity (Wildman–Crippen MR) is 49.5 cm³/mol. The van der Waals surface area contributed by atoms with Crippen LogP contribution in [0.25, 0.3) is 0 Å². The number of halogens is 3. The second-order valence-corrected chi connectivity index (χ2v) is 3.91. The third-order valence-corrected chi connectivity index (χ3v) is 2.67. The molecule has 0 aliphatic carbocycles. The van der Waals surface area contributed by atoms with E-state index in [9.17, 15) is 18.0 Å². The van der Waals surface area contributed by atoms with Crippen molar-refractivity contribution in [2.75, 3.05) is 0 Å². The molecule has 1 saturated heterocycles. The predicted octanol–water partition coefficient (Wildman–Crippen LogP) is 2.56. The average molecular weight is 238 g/mol. The monoisotopic (exact) mass is 238 g/mol. The van der Waals surface area contributed by atoms with Crippen LogP contribution in [0.3, 0.4) is 0 Å². The summed E-state index contributed by atoms with van der Waals surface area (Å²) >= 11 is 0. The van der Waals surface area contributed by atoms with E-state index >= 15 is 0 Å². The van der Waals surface area contributed by atoms with Crippen molar-refractivity contribution in [1.82, 2.24) is 0 Å². The van der Waals surface area contributed by atoms with E-state index in [2.05, 4.69) is 11.3 Å². The van der Waals surface area contributed by atoms with Gasteiger partial charge in [-0.05, 0) is 13.8 Å². The van der Waals surface area contributed by atoms with Gasteiger partial charge in [0.2, 0.25) is 5.60 Å².